The minimum absolute atomic E-state index is 0.0334. The smallest absolute Gasteiger partial charge is 0.269 e. The molecule has 0 spiro atoms. The van der Waals surface area contributed by atoms with E-state index in [1.807, 2.05) is 6.07 Å². The number of aromatic nitrogens is 4. The van der Waals surface area contributed by atoms with Crippen LogP contribution in [0.5, 0.6) is 0 Å². The minimum Gasteiger partial charge on any atom is -0.301 e. The fourth-order valence-electron chi connectivity index (χ4n) is 2.65. The summed E-state index contributed by atoms with van der Waals surface area (Å²) in [7, 11) is 0. The molecule has 0 saturated heterocycles. The Hall–Kier alpha value is -2.88. The summed E-state index contributed by atoms with van der Waals surface area (Å²) in [5.74, 6) is 0.525. The molecule has 0 aliphatic carbocycles. The summed E-state index contributed by atoms with van der Waals surface area (Å²) in [5.41, 5.74) is 1.49. The van der Waals surface area contributed by atoms with Gasteiger partial charge in [-0.25, -0.2) is 9.67 Å². The van der Waals surface area contributed by atoms with E-state index in [9.17, 15) is 14.9 Å². The van der Waals surface area contributed by atoms with Crippen LogP contribution in [0.3, 0.4) is 0 Å². The maximum Gasteiger partial charge on any atom is 0.269 e. The van der Waals surface area contributed by atoms with Crippen LogP contribution < -0.4 is 5.56 Å². The number of hydrogen-bond donors (Lipinski definition) is 1. The van der Waals surface area contributed by atoms with E-state index < -0.39 is 4.92 Å². The second-order valence-corrected chi connectivity index (χ2v) is 7.75. The summed E-state index contributed by atoms with van der Waals surface area (Å²) in [5, 5.41) is 16.7. The number of hydrogen-bond acceptors (Lipinski definition) is 6. The zero-order chi connectivity index (χ0) is 20.5. The number of nitrogens with one attached hydrogen (secondary N) is 1. The second kappa shape index (κ2) is 7.86. The molecule has 2 aromatic heterocycles. The molecule has 0 saturated carbocycles. The van der Waals surface area contributed by atoms with Crippen LogP contribution >= 0.6 is 35.0 Å². The van der Waals surface area contributed by atoms with Gasteiger partial charge in [-0.15, -0.1) is 0 Å². The maximum absolute atomic E-state index is 12.4. The first kappa shape index (κ1) is 19.4. The van der Waals surface area contributed by atoms with Crippen LogP contribution in [-0.2, 0) is 5.75 Å². The molecule has 0 aliphatic heterocycles. The Morgan fingerprint density at radius 2 is 1.90 bits per heavy atom. The van der Waals surface area contributed by atoms with Crippen LogP contribution in [-0.4, -0.2) is 24.7 Å². The summed E-state index contributed by atoms with van der Waals surface area (Å²) < 4.78 is 1.47. The highest BCUT2D eigenvalue weighted by Crippen LogP contribution is 2.27. The van der Waals surface area contributed by atoms with E-state index in [1.165, 1.54) is 34.8 Å². The molecule has 0 bridgehead atoms. The average Bonchev–Trinajstić information content (AvgIpc) is 3.13. The average molecular weight is 448 g/mol. The number of nitro groups is 1. The molecule has 2 aromatic carbocycles. The summed E-state index contributed by atoms with van der Waals surface area (Å²) in [6.07, 6.45) is 1.41. The Labute approximate surface area is 177 Å². The van der Waals surface area contributed by atoms with E-state index in [1.54, 1.807) is 24.3 Å². The highest BCUT2D eigenvalue weighted by atomic mass is 35.5. The number of aromatic amines is 1. The third-order valence-corrected chi connectivity index (χ3v) is 5.76. The molecule has 0 aliphatic rings. The van der Waals surface area contributed by atoms with Gasteiger partial charge >= 0.3 is 0 Å². The van der Waals surface area contributed by atoms with Crippen LogP contribution in [0.25, 0.3) is 16.7 Å². The van der Waals surface area contributed by atoms with E-state index >= 15 is 0 Å². The van der Waals surface area contributed by atoms with E-state index in [2.05, 4.69) is 15.1 Å². The van der Waals surface area contributed by atoms with Crippen LogP contribution in [0, 0.1) is 10.1 Å². The van der Waals surface area contributed by atoms with Gasteiger partial charge < -0.3 is 4.98 Å². The summed E-state index contributed by atoms with van der Waals surface area (Å²) in [4.78, 5) is 30.0. The minimum atomic E-state index is -0.480. The summed E-state index contributed by atoms with van der Waals surface area (Å²) in [6, 6.07) is 11.2. The van der Waals surface area contributed by atoms with Crippen molar-refractivity contribution >= 4 is 51.7 Å². The molecule has 8 nitrogen and oxygen atoms in total. The molecule has 4 rings (SSSR count). The number of thioether (sulfide) groups is 1. The van der Waals surface area contributed by atoms with Crippen molar-refractivity contribution in [3.05, 3.63) is 84.7 Å². The summed E-state index contributed by atoms with van der Waals surface area (Å²) >= 11 is 13.3. The number of nitrogens with zero attached hydrogens (tertiary/aromatic N) is 4. The molecule has 0 unspecified atom stereocenters. The quantitative estimate of drug-likeness (QED) is 0.207. The number of fused-ring (bicyclic) bond motifs is 1. The second-order valence-electron chi connectivity index (χ2n) is 5.98. The van der Waals surface area contributed by atoms with E-state index in [0.29, 0.717) is 37.7 Å². The Bertz CT molecular complexity index is 1290. The normalized spacial score (nSPS) is 11.1. The number of benzene rings is 2. The standard InChI is InChI=1S/C18H11Cl2N5O3S/c19-14-6-1-10(7-15(14)20)9-29-18-22-16-13(17(26)23-18)8-21-24(16)11-2-4-12(5-3-11)25(27)28/h1-8H,9H2,(H,22,23,26). The van der Waals surface area contributed by atoms with Crippen LogP contribution in [0.2, 0.25) is 10.0 Å². The van der Waals surface area contributed by atoms with Gasteiger partial charge in [0.1, 0.15) is 5.39 Å². The van der Waals surface area contributed by atoms with Crippen molar-refractivity contribution in [3.8, 4) is 5.69 Å². The van der Waals surface area contributed by atoms with Crippen molar-refractivity contribution in [2.24, 2.45) is 0 Å². The Morgan fingerprint density at radius 1 is 1.14 bits per heavy atom. The molecule has 0 atom stereocenters. The topological polar surface area (TPSA) is 107 Å². The molecule has 29 heavy (non-hydrogen) atoms. The third-order valence-electron chi connectivity index (χ3n) is 4.08. The van der Waals surface area contributed by atoms with Crippen LogP contribution in [0.4, 0.5) is 5.69 Å². The molecule has 1 N–H and O–H groups in total. The number of nitro benzene ring substituents is 1. The largest absolute Gasteiger partial charge is 0.301 e. The van der Waals surface area contributed by atoms with E-state index in [-0.39, 0.29) is 11.2 Å². The monoisotopic (exact) mass is 447 g/mol. The van der Waals surface area contributed by atoms with E-state index in [4.69, 9.17) is 23.2 Å². The third kappa shape index (κ3) is 3.98. The molecule has 146 valence electrons. The molecule has 0 radical (unpaired) electrons. The summed E-state index contributed by atoms with van der Waals surface area (Å²) in [6.45, 7) is 0. The number of H-pyrrole nitrogens is 1. The van der Waals surface area contributed by atoms with Gasteiger partial charge in [-0.05, 0) is 29.8 Å². The van der Waals surface area contributed by atoms with Crippen LogP contribution in [0.15, 0.2) is 58.6 Å². The zero-order valence-corrected chi connectivity index (χ0v) is 16.8. The first-order valence-corrected chi connectivity index (χ1v) is 9.96. The predicted octanol–water partition coefficient (Wildman–Crippen LogP) is 4.62. The molecular weight excluding hydrogens is 437 g/mol. The van der Waals surface area contributed by atoms with E-state index in [0.717, 1.165) is 5.56 Å². The number of rotatable bonds is 5. The van der Waals surface area contributed by atoms with Gasteiger partial charge in [0.15, 0.2) is 10.8 Å². The Kier molecular flexibility index (Phi) is 5.27. The Morgan fingerprint density at radius 3 is 2.59 bits per heavy atom. The molecule has 4 aromatic rings. The molecular formula is C18H11Cl2N5O3S. The van der Waals surface area contributed by atoms with Gasteiger partial charge in [-0.1, -0.05) is 41.0 Å². The lowest BCUT2D eigenvalue weighted by Gasteiger charge is -2.05. The van der Waals surface area contributed by atoms with Gasteiger partial charge in [-0.2, -0.15) is 5.10 Å². The van der Waals surface area contributed by atoms with Gasteiger partial charge in [0, 0.05) is 17.9 Å². The lowest BCUT2D eigenvalue weighted by atomic mass is 10.2. The van der Waals surface area contributed by atoms with Gasteiger partial charge in [0.05, 0.1) is 26.9 Å². The lowest BCUT2D eigenvalue weighted by molar-refractivity contribution is -0.384. The SMILES string of the molecule is O=c1[nH]c(SCc2ccc(Cl)c(Cl)c2)nc2c1cnn2-c1ccc([N+](=O)[O-])cc1. The predicted molar refractivity (Wildman–Crippen MR) is 112 cm³/mol. The first-order chi connectivity index (χ1) is 13.9. The fraction of sp³-hybridized carbons (Fsp3) is 0.0556. The fourth-order valence-corrected chi connectivity index (χ4v) is 3.77. The van der Waals surface area contributed by atoms with Crippen LogP contribution in [0.1, 0.15) is 5.56 Å². The van der Waals surface area contributed by atoms with Crippen molar-refractivity contribution < 1.29 is 4.92 Å². The maximum atomic E-state index is 12.4. The Balaban J connectivity index is 1.66. The van der Waals surface area contributed by atoms with Crippen molar-refractivity contribution in [2.45, 2.75) is 10.9 Å². The molecule has 11 heteroatoms. The molecule has 2 heterocycles. The molecule has 0 fully saturated rings. The van der Waals surface area contributed by atoms with Gasteiger partial charge in [0.2, 0.25) is 0 Å². The van der Waals surface area contributed by atoms with Crippen molar-refractivity contribution in [2.75, 3.05) is 0 Å². The van der Waals surface area contributed by atoms with Gasteiger partial charge in [-0.3, -0.25) is 14.9 Å². The zero-order valence-electron chi connectivity index (χ0n) is 14.5. The molecule has 0 amide bonds. The van der Waals surface area contributed by atoms with Crippen molar-refractivity contribution in [1.82, 2.24) is 19.7 Å². The number of non-ortho nitro benzene ring substituents is 1. The number of halogens is 2. The highest BCUT2D eigenvalue weighted by molar-refractivity contribution is 7.98. The van der Waals surface area contributed by atoms with Gasteiger partial charge in [0.25, 0.3) is 11.2 Å². The lowest BCUT2D eigenvalue weighted by Crippen LogP contribution is -2.09. The first-order valence-electron chi connectivity index (χ1n) is 8.22. The van der Waals surface area contributed by atoms with Crippen molar-refractivity contribution in [1.29, 1.82) is 0 Å². The van der Waals surface area contributed by atoms with Crippen molar-refractivity contribution in [3.63, 3.8) is 0 Å². The highest BCUT2D eigenvalue weighted by Gasteiger charge is 2.13.